The van der Waals surface area contributed by atoms with Crippen LogP contribution in [0.4, 0.5) is 0 Å². The largest absolute Gasteiger partial charge is 0.507 e. The van der Waals surface area contributed by atoms with Crippen LogP contribution in [0.5, 0.6) is 5.75 Å². The van der Waals surface area contributed by atoms with Crippen LogP contribution in [0.2, 0.25) is 0 Å². The lowest BCUT2D eigenvalue weighted by Crippen LogP contribution is -2.31. The van der Waals surface area contributed by atoms with Crippen LogP contribution in [0.1, 0.15) is 36.0 Å². The Balaban J connectivity index is 2.05. The van der Waals surface area contributed by atoms with Crippen LogP contribution in [-0.4, -0.2) is 29.5 Å². The molecule has 1 saturated carbocycles. The molecule has 0 saturated heterocycles. The Labute approximate surface area is 116 Å². The van der Waals surface area contributed by atoms with E-state index < -0.39 is 0 Å². The predicted octanol–water partition coefficient (Wildman–Crippen LogP) is 3.42. The molecule has 0 bridgehead atoms. The first-order valence-corrected chi connectivity index (χ1v) is 7.11. The van der Waals surface area contributed by atoms with Gasteiger partial charge in [0.15, 0.2) is 0 Å². The van der Waals surface area contributed by atoms with Gasteiger partial charge >= 0.3 is 0 Å². The molecule has 0 radical (unpaired) electrons. The van der Waals surface area contributed by atoms with Gasteiger partial charge in [0, 0.05) is 18.1 Å². The van der Waals surface area contributed by atoms with E-state index in [0.29, 0.717) is 11.5 Å². The van der Waals surface area contributed by atoms with Gasteiger partial charge in [0.2, 0.25) is 0 Å². The number of carbonyl (C=O) groups excluding carboxylic acids is 1. The zero-order valence-corrected chi connectivity index (χ0v) is 12.1. The van der Waals surface area contributed by atoms with Gasteiger partial charge in [-0.3, -0.25) is 4.79 Å². The molecule has 0 heterocycles. The molecule has 18 heavy (non-hydrogen) atoms. The van der Waals surface area contributed by atoms with Crippen LogP contribution in [0.3, 0.4) is 0 Å². The fourth-order valence-corrected chi connectivity index (χ4v) is 2.90. The van der Waals surface area contributed by atoms with Crippen LogP contribution in [0.15, 0.2) is 22.7 Å². The molecule has 0 unspecified atom stereocenters. The molecule has 0 aliphatic heterocycles. The van der Waals surface area contributed by atoms with E-state index in [1.54, 1.807) is 23.1 Å². The van der Waals surface area contributed by atoms with Crippen molar-refractivity contribution in [1.82, 2.24) is 4.90 Å². The third-order valence-electron chi connectivity index (χ3n) is 3.54. The van der Waals surface area contributed by atoms with Crippen LogP contribution >= 0.6 is 15.9 Å². The number of hydrogen-bond donors (Lipinski definition) is 1. The molecule has 4 heteroatoms. The molecule has 1 aromatic rings. The van der Waals surface area contributed by atoms with Crippen LogP contribution in [-0.2, 0) is 0 Å². The summed E-state index contributed by atoms with van der Waals surface area (Å²) in [6.45, 7) is 0.786. The Morgan fingerprint density at radius 1 is 1.44 bits per heavy atom. The quantitative estimate of drug-likeness (QED) is 0.929. The average molecular weight is 312 g/mol. The summed E-state index contributed by atoms with van der Waals surface area (Å²) in [5, 5.41) is 9.79. The van der Waals surface area contributed by atoms with Gasteiger partial charge in [-0.25, -0.2) is 0 Å². The predicted molar refractivity (Wildman–Crippen MR) is 74.7 cm³/mol. The van der Waals surface area contributed by atoms with Gasteiger partial charge in [0.05, 0.1) is 5.56 Å². The van der Waals surface area contributed by atoms with E-state index in [1.165, 1.54) is 25.7 Å². The van der Waals surface area contributed by atoms with E-state index in [1.807, 2.05) is 7.05 Å². The van der Waals surface area contributed by atoms with E-state index in [-0.39, 0.29) is 11.7 Å². The molecule has 1 aliphatic rings. The number of aromatic hydroxyl groups is 1. The summed E-state index contributed by atoms with van der Waals surface area (Å²) in [6, 6.07) is 4.99. The summed E-state index contributed by atoms with van der Waals surface area (Å²) in [5.74, 6) is 0.552. The molecule has 2 rings (SSSR count). The van der Waals surface area contributed by atoms with Crippen molar-refractivity contribution in [3.8, 4) is 5.75 Å². The van der Waals surface area contributed by atoms with Gasteiger partial charge in [-0.1, -0.05) is 28.8 Å². The van der Waals surface area contributed by atoms with E-state index >= 15 is 0 Å². The maximum atomic E-state index is 12.2. The number of hydrogen-bond acceptors (Lipinski definition) is 2. The Hall–Kier alpha value is -1.03. The second-order valence-corrected chi connectivity index (χ2v) is 5.91. The molecule has 1 N–H and O–H groups in total. The van der Waals surface area contributed by atoms with E-state index in [2.05, 4.69) is 15.9 Å². The third-order valence-corrected chi connectivity index (χ3v) is 4.04. The first-order chi connectivity index (χ1) is 8.58. The lowest BCUT2D eigenvalue weighted by molar-refractivity contribution is 0.0770. The number of carbonyl (C=O) groups is 1. The smallest absolute Gasteiger partial charge is 0.257 e. The summed E-state index contributed by atoms with van der Waals surface area (Å²) in [7, 11) is 1.81. The molecule has 1 amide bonds. The minimum atomic E-state index is -0.105. The van der Waals surface area contributed by atoms with Gasteiger partial charge in [-0.2, -0.15) is 0 Å². The normalized spacial score (nSPS) is 15.9. The van der Waals surface area contributed by atoms with Crippen LogP contribution < -0.4 is 0 Å². The van der Waals surface area contributed by atoms with Gasteiger partial charge < -0.3 is 10.0 Å². The van der Waals surface area contributed by atoms with E-state index in [9.17, 15) is 9.90 Å². The summed E-state index contributed by atoms with van der Waals surface area (Å²) < 4.78 is 0.773. The minimum Gasteiger partial charge on any atom is -0.507 e. The molecule has 1 aromatic carbocycles. The van der Waals surface area contributed by atoms with Crippen molar-refractivity contribution in [3.05, 3.63) is 28.2 Å². The fourth-order valence-electron chi connectivity index (χ4n) is 2.55. The van der Waals surface area contributed by atoms with Crippen molar-refractivity contribution in [1.29, 1.82) is 0 Å². The number of benzene rings is 1. The maximum Gasteiger partial charge on any atom is 0.257 e. The molecule has 98 valence electrons. The molecule has 0 spiro atoms. The molecule has 0 aromatic heterocycles. The highest BCUT2D eigenvalue weighted by molar-refractivity contribution is 9.10. The SMILES string of the molecule is CN(CC1CCCC1)C(=O)c1ccc(Br)cc1O. The van der Waals surface area contributed by atoms with Crippen molar-refractivity contribution in [2.75, 3.05) is 13.6 Å². The number of rotatable bonds is 3. The lowest BCUT2D eigenvalue weighted by atomic mass is 10.1. The van der Waals surface area contributed by atoms with Crippen molar-refractivity contribution in [2.45, 2.75) is 25.7 Å². The summed E-state index contributed by atoms with van der Waals surface area (Å²) >= 11 is 3.27. The van der Waals surface area contributed by atoms with E-state index in [0.717, 1.165) is 11.0 Å². The zero-order chi connectivity index (χ0) is 13.1. The number of phenols is 1. The number of amides is 1. The topological polar surface area (TPSA) is 40.5 Å². The standard InChI is InChI=1S/C14H18BrNO2/c1-16(9-10-4-2-3-5-10)14(18)12-7-6-11(15)8-13(12)17/h6-8,10,17H,2-5,9H2,1H3. The van der Waals surface area contributed by atoms with Crippen molar-refractivity contribution >= 4 is 21.8 Å². The molecule has 0 atom stereocenters. The monoisotopic (exact) mass is 311 g/mol. The highest BCUT2D eigenvalue weighted by Crippen LogP contribution is 2.27. The van der Waals surface area contributed by atoms with Gasteiger partial charge in [0.25, 0.3) is 5.91 Å². The summed E-state index contributed by atoms with van der Waals surface area (Å²) in [5.41, 5.74) is 0.374. The number of phenolic OH excluding ortho intramolecular Hbond substituents is 1. The molecule has 1 fully saturated rings. The number of halogens is 1. The molecule has 1 aliphatic carbocycles. The number of nitrogens with zero attached hydrogens (tertiary/aromatic N) is 1. The summed E-state index contributed by atoms with van der Waals surface area (Å²) in [6.07, 6.45) is 4.97. The van der Waals surface area contributed by atoms with Crippen molar-refractivity contribution < 1.29 is 9.90 Å². The van der Waals surface area contributed by atoms with E-state index in [4.69, 9.17) is 0 Å². The average Bonchev–Trinajstić information content (AvgIpc) is 2.81. The first kappa shape index (κ1) is 13.4. The summed E-state index contributed by atoms with van der Waals surface area (Å²) in [4.78, 5) is 13.9. The Morgan fingerprint density at radius 2 is 2.11 bits per heavy atom. The van der Waals surface area contributed by atoms with Gasteiger partial charge in [0.1, 0.15) is 5.75 Å². The molecule has 3 nitrogen and oxygen atoms in total. The van der Waals surface area contributed by atoms with Crippen LogP contribution in [0, 0.1) is 5.92 Å². The maximum absolute atomic E-state index is 12.2. The molecular formula is C14H18BrNO2. The first-order valence-electron chi connectivity index (χ1n) is 6.32. The second kappa shape index (κ2) is 5.74. The Bertz CT molecular complexity index is 441. The van der Waals surface area contributed by atoms with Gasteiger partial charge in [-0.15, -0.1) is 0 Å². The Morgan fingerprint density at radius 3 is 2.72 bits per heavy atom. The Kier molecular flexibility index (Phi) is 4.27. The highest BCUT2D eigenvalue weighted by atomic mass is 79.9. The third kappa shape index (κ3) is 3.05. The molecular weight excluding hydrogens is 294 g/mol. The lowest BCUT2D eigenvalue weighted by Gasteiger charge is -2.21. The van der Waals surface area contributed by atoms with Crippen molar-refractivity contribution in [2.24, 2.45) is 5.92 Å². The van der Waals surface area contributed by atoms with Crippen molar-refractivity contribution in [3.63, 3.8) is 0 Å². The minimum absolute atomic E-state index is 0.0349. The van der Waals surface area contributed by atoms with Gasteiger partial charge in [-0.05, 0) is 37.0 Å². The fraction of sp³-hybridized carbons (Fsp3) is 0.500. The zero-order valence-electron chi connectivity index (χ0n) is 10.5. The highest BCUT2D eigenvalue weighted by Gasteiger charge is 2.21. The second-order valence-electron chi connectivity index (χ2n) is 5.00. The van der Waals surface area contributed by atoms with Crippen LogP contribution in [0.25, 0.3) is 0 Å².